The third-order valence-corrected chi connectivity index (χ3v) is 3.39. The van der Waals surface area contributed by atoms with Crippen LogP contribution >= 0.6 is 0 Å². The number of rotatable bonds is 5. The van der Waals surface area contributed by atoms with Crippen molar-refractivity contribution >= 4 is 5.82 Å². The summed E-state index contributed by atoms with van der Waals surface area (Å²) in [6, 6.07) is 4.60. The van der Waals surface area contributed by atoms with Gasteiger partial charge in [0.1, 0.15) is 5.82 Å². The molecule has 5 nitrogen and oxygen atoms in total. The highest BCUT2D eigenvalue weighted by Gasteiger charge is 2.17. The molecular formula is C13H23N5. The fourth-order valence-corrected chi connectivity index (χ4v) is 2.16. The molecule has 0 aromatic carbocycles. The summed E-state index contributed by atoms with van der Waals surface area (Å²) in [5, 5.41) is 15.2. The van der Waals surface area contributed by atoms with E-state index in [9.17, 15) is 0 Å². The molecule has 0 aliphatic carbocycles. The molecular weight excluding hydrogens is 226 g/mol. The Bertz CT molecular complexity index is 351. The van der Waals surface area contributed by atoms with Gasteiger partial charge in [-0.05, 0) is 25.6 Å². The molecule has 1 aliphatic heterocycles. The molecule has 1 fully saturated rings. The summed E-state index contributed by atoms with van der Waals surface area (Å²) < 4.78 is 0. The lowest BCUT2D eigenvalue weighted by atomic mass is 10.2. The number of nitrogens with one attached hydrogen (secondary N) is 2. The Kier molecular flexibility index (Phi) is 4.90. The zero-order valence-corrected chi connectivity index (χ0v) is 11.3. The fourth-order valence-electron chi connectivity index (χ4n) is 2.16. The van der Waals surface area contributed by atoms with Crippen LogP contribution in [0.2, 0.25) is 0 Å². The smallest absolute Gasteiger partial charge is 0.148 e. The Morgan fingerprint density at radius 2 is 2.33 bits per heavy atom. The van der Waals surface area contributed by atoms with E-state index in [1.807, 2.05) is 6.07 Å². The molecule has 5 heteroatoms. The van der Waals surface area contributed by atoms with Crippen molar-refractivity contribution in [1.82, 2.24) is 20.4 Å². The molecule has 1 aromatic rings. The molecule has 1 saturated heterocycles. The second kappa shape index (κ2) is 6.66. The highest BCUT2D eigenvalue weighted by molar-refractivity contribution is 5.33. The highest BCUT2D eigenvalue weighted by Crippen LogP contribution is 2.06. The van der Waals surface area contributed by atoms with Crippen molar-refractivity contribution in [2.45, 2.75) is 25.8 Å². The minimum Gasteiger partial charge on any atom is -0.367 e. The first-order chi connectivity index (χ1) is 8.79. The standard InChI is InChI=1S/C13H23N5/c1-3-4-11-5-6-13(17-16-11)15-10-12-9-14-7-8-18(12)2/h5-6,12,14H,3-4,7-10H2,1-2H3,(H,15,17). The van der Waals surface area contributed by atoms with Crippen molar-refractivity contribution in [3.8, 4) is 0 Å². The molecule has 0 spiro atoms. The molecule has 0 amide bonds. The van der Waals surface area contributed by atoms with E-state index < -0.39 is 0 Å². The van der Waals surface area contributed by atoms with E-state index in [4.69, 9.17) is 0 Å². The number of likely N-dealkylation sites (N-methyl/N-ethyl adjacent to an activating group) is 1. The number of piperazine rings is 1. The van der Waals surface area contributed by atoms with E-state index in [-0.39, 0.29) is 0 Å². The second-order valence-electron chi connectivity index (χ2n) is 4.88. The molecule has 1 aliphatic rings. The van der Waals surface area contributed by atoms with Crippen LogP contribution in [0.1, 0.15) is 19.0 Å². The summed E-state index contributed by atoms with van der Waals surface area (Å²) in [6.45, 7) is 6.28. The number of hydrogen-bond acceptors (Lipinski definition) is 5. The molecule has 2 heterocycles. The third kappa shape index (κ3) is 3.65. The lowest BCUT2D eigenvalue weighted by Gasteiger charge is -2.33. The summed E-state index contributed by atoms with van der Waals surface area (Å²) in [5.41, 5.74) is 1.07. The van der Waals surface area contributed by atoms with Gasteiger partial charge in [0.2, 0.25) is 0 Å². The van der Waals surface area contributed by atoms with Gasteiger partial charge in [0.05, 0.1) is 5.69 Å². The number of nitrogens with zero attached hydrogens (tertiary/aromatic N) is 3. The minimum absolute atomic E-state index is 0.524. The van der Waals surface area contributed by atoms with E-state index >= 15 is 0 Å². The predicted molar refractivity (Wildman–Crippen MR) is 73.8 cm³/mol. The van der Waals surface area contributed by atoms with Crippen LogP contribution in [0.4, 0.5) is 5.82 Å². The molecule has 0 radical (unpaired) electrons. The Morgan fingerprint density at radius 1 is 1.44 bits per heavy atom. The molecule has 1 unspecified atom stereocenters. The van der Waals surface area contributed by atoms with Gasteiger partial charge in [0, 0.05) is 32.2 Å². The molecule has 100 valence electrons. The Balaban J connectivity index is 1.82. The minimum atomic E-state index is 0.524. The largest absolute Gasteiger partial charge is 0.367 e. The molecule has 1 atom stereocenters. The molecule has 0 bridgehead atoms. The number of aryl methyl sites for hydroxylation is 1. The molecule has 0 saturated carbocycles. The van der Waals surface area contributed by atoms with E-state index in [1.54, 1.807) is 0 Å². The van der Waals surface area contributed by atoms with Crippen LogP contribution in [0.3, 0.4) is 0 Å². The van der Waals surface area contributed by atoms with Gasteiger partial charge < -0.3 is 10.6 Å². The van der Waals surface area contributed by atoms with Gasteiger partial charge in [0.15, 0.2) is 0 Å². The topological polar surface area (TPSA) is 53.1 Å². The van der Waals surface area contributed by atoms with Crippen molar-refractivity contribution in [2.75, 3.05) is 38.5 Å². The summed E-state index contributed by atoms with van der Waals surface area (Å²) in [5.74, 6) is 0.869. The van der Waals surface area contributed by atoms with Gasteiger partial charge in [0.25, 0.3) is 0 Å². The van der Waals surface area contributed by atoms with E-state index in [1.165, 1.54) is 0 Å². The Labute approximate surface area is 109 Å². The SMILES string of the molecule is CCCc1ccc(NCC2CNCCN2C)nn1. The van der Waals surface area contributed by atoms with E-state index in [0.717, 1.165) is 50.5 Å². The summed E-state index contributed by atoms with van der Waals surface area (Å²) >= 11 is 0. The van der Waals surface area contributed by atoms with Gasteiger partial charge in [-0.15, -0.1) is 5.10 Å². The zero-order chi connectivity index (χ0) is 12.8. The van der Waals surface area contributed by atoms with E-state index in [2.05, 4.69) is 45.8 Å². The summed E-state index contributed by atoms with van der Waals surface area (Å²) in [4.78, 5) is 2.38. The summed E-state index contributed by atoms with van der Waals surface area (Å²) in [6.07, 6.45) is 2.11. The Morgan fingerprint density at radius 3 is 3.00 bits per heavy atom. The lowest BCUT2D eigenvalue weighted by Crippen LogP contribution is -2.52. The first-order valence-corrected chi connectivity index (χ1v) is 6.77. The van der Waals surface area contributed by atoms with Gasteiger partial charge in [-0.3, -0.25) is 4.90 Å². The average Bonchev–Trinajstić information content (AvgIpc) is 2.40. The number of anilines is 1. The molecule has 2 N–H and O–H groups in total. The van der Waals surface area contributed by atoms with Crippen molar-refractivity contribution < 1.29 is 0 Å². The third-order valence-electron chi connectivity index (χ3n) is 3.39. The number of aromatic nitrogens is 2. The fraction of sp³-hybridized carbons (Fsp3) is 0.692. The molecule has 1 aromatic heterocycles. The van der Waals surface area contributed by atoms with Gasteiger partial charge in [-0.2, -0.15) is 5.10 Å². The second-order valence-corrected chi connectivity index (χ2v) is 4.88. The van der Waals surface area contributed by atoms with Crippen LogP contribution in [-0.2, 0) is 6.42 Å². The normalized spacial score (nSPS) is 20.9. The molecule has 18 heavy (non-hydrogen) atoms. The van der Waals surface area contributed by atoms with Gasteiger partial charge in [-0.1, -0.05) is 13.3 Å². The quantitative estimate of drug-likeness (QED) is 0.806. The van der Waals surface area contributed by atoms with Crippen molar-refractivity contribution in [2.24, 2.45) is 0 Å². The lowest BCUT2D eigenvalue weighted by molar-refractivity contribution is 0.209. The maximum Gasteiger partial charge on any atom is 0.148 e. The van der Waals surface area contributed by atoms with Gasteiger partial charge in [-0.25, -0.2) is 0 Å². The van der Waals surface area contributed by atoms with Crippen molar-refractivity contribution in [3.63, 3.8) is 0 Å². The average molecular weight is 249 g/mol. The monoisotopic (exact) mass is 249 g/mol. The van der Waals surface area contributed by atoms with Crippen LogP contribution < -0.4 is 10.6 Å². The van der Waals surface area contributed by atoms with Gasteiger partial charge >= 0.3 is 0 Å². The van der Waals surface area contributed by atoms with Crippen LogP contribution in [-0.4, -0.2) is 54.4 Å². The Hall–Kier alpha value is -1.20. The maximum atomic E-state index is 4.21. The van der Waals surface area contributed by atoms with Crippen molar-refractivity contribution in [1.29, 1.82) is 0 Å². The predicted octanol–water partition coefficient (Wildman–Crippen LogP) is 0.745. The molecule has 2 rings (SSSR count). The highest BCUT2D eigenvalue weighted by atomic mass is 15.2. The van der Waals surface area contributed by atoms with E-state index in [0.29, 0.717) is 6.04 Å². The van der Waals surface area contributed by atoms with Crippen LogP contribution in [0.15, 0.2) is 12.1 Å². The summed E-state index contributed by atoms with van der Waals surface area (Å²) in [7, 11) is 2.17. The number of hydrogen-bond donors (Lipinski definition) is 2. The first-order valence-electron chi connectivity index (χ1n) is 6.77. The van der Waals surface area contributed by atoms with Crippen LogP contribution in [0.25, 0.3) is 0 Å². The van der Waals surface area contributed by atoms with Crippen LogP contribution in [0, 0.1) is 0 Å². The maximum absolute atomic E-state index is 4.21. The first kappa shape index (κ1) is 13.2. The van der Waals surface area contributed by atoms with Crippen molar-refractivity contribution in [3.05, 3.63) is 17.8 Å². The van der Waals surface area contributed by atoms with Crippen LogP contribution in [0.5, 0.6) is 0 Å². The zero-order valence-electron chi connectivity index (χ0n) is 11.3.